The van der Waals surface area contributed by atoms with Gasteiger partial charge in [-0.1, -0.05) is 30.3 Å². The van der Waals surface area contributed by atoms with Gasteiger partial charge in [-0.2, -0.15) is 0 Å². The van der Waals surface area contributed by atoms with Gasteiger partial charge in [-0.05, 0) is 63.4 Å². The van der Waals surface area contributed by atoms with Crippen LogP contribution in [0.3, 0.4) is 0 Å². The molecule has 1 heterocycles. The van der Waals surface area contributed by atoms with E-state index in [-0.39, 0.29) is 18.3 Å². The zero-order valence-electron chi connectivity index (χ0n) is 15.2. The Kier molecular flexibility index (Phi) is 4.39. The van der Waals surface area contributed by atoms with Gasteiger partial charge in [0.05, 0.1) is 23.1 Å². The summed E-state index contributed by atoms with van der Waals surface area (Å²) >= 11 is 0. The zero-order valence-corrected chi connectivity index (χ0v) is 15.2. The maximum Gasteiger partial charge on any atom is 0.494 e. The summed E-state index contributed by atoms with van der Waals surface area (Å²) in [5.41, 5.74) is 1.99. The van der Waals surface area contributed by atoms with Gasteiger partial charge >= 0.3 is 7.12 Å². The number of aliphatic imine (C=N–C) groups is 2. The summed E-state index contributed by atoms with van der Waals surface area (Å²) in [6, 6.07) is 12.3. The summed E-state index contributed by atoms with van der Waals surface area (Å²) < 4.78 is 12.3. The first-order valence-electron chi connectivity index (χ1n) is 8.30. The van der Waals surface area contributed by atoms with Crippen LogP contribution in [-0.4, -0.2) is 31.8 Å². The van der Waals surface area contributed by atoms with Crippen LogP contribution >= 0.6 is 0 Å². The van der Waals surface area contributed by atoms with Gasteiger partial charge < -0.3 is 9.31 Å². The zero-order chi connectivity index (χ0) is 18.2. The van der Waals surface area contributed by atoms with Gasteiger partial charge in [0, 0.05) is 5.56 Å². The first kappa shape index (κ1) is 17.6. The molecule has 1 aliphatic heterocycles. The Balaban J connectivity index is 1.96. The Morgan fingerprint density at radius 1 is 0.960 bits per heavy atom. The third-order valence-corrected chi connectivity index (χ3v) is 5.07. The standard InChI is InChI=1S/C20H23BN2O2/c1-19(2)20(3,4)25-21(24-19)17-10-9-14-11-16(8-7-15(14)12-17)18(23-6)13-22-5/h7-13H,5-6H2,1-4H3. The number of nitrogens with zero attached hydrogens (tertiary/aromatic N) is 2. The number of hydrogen-bond acceptors (Lipinski definition) is 4. The topological polar surface area (TPSA) is 43.2 Å². The fourth-order valence-electron chi connectivity index (χ4n) is 2.84. The number of rotatable bonds is 4. The first-order chi connectivity index (χ1) is 11.8. The van der Waals surface area contributed by atoms with Crippen molar-refractivity contribution in [3.8, 4) is 0 Å². The van der Waals surface area contributed by atoms with Crippen molar-refractivity contribution in [3.05, 3.63) is 48.2 Å². The molecule has 0 spiro atoms. The van der Waals surface area contributed by atoms with Crippen LogP contribution in [0, 0.1) is 0 Å². The normalized spacial score (nSPS) is 19.2. The predicted octanol–water partition coefficient (Wildman–Crippen LogP) is 3.84. The maximum atomic E-state index is 6.14. The highest BCUT2D eigenvalue weighted by Gasteiger charge is 2.51. The Bertz CT molecular complexity index is 855. The van der Waals surface area contributed by atoms with Gasteiger partial charge in [0.2, 0.25) is 0 Å². The molecule has 0 aromatic heterocycles. The highest BCUT2D eigenvalue weighted by atomic mass is 16.7. The predicted molar refractivity (Wildman–Crippen MR) is 107 cm³/mol. The molecule has 0 amide bonds. The van der Waals surface area contributed by atoms with Gasteiger partial charge in [-0.25, -0.2) is 0 Å². The summed E-state index contributed by atoms with van der Waals surface area (Å²) in [7, 11) is -0.357. The van der Waals surface area contributed by atoms with E-state index in [4.69, 9.17) is 9.31 Å². The Labute approximate surface area is 149 Å². The van der Waals surface area contributed by atoms with Crippen molar-refractivity contribution >= 4 is 42.5 Å². The summed E-state index contributed by atoms with van der Waals surface area (Å²) in [5.74, 6) is 0. The fraction of sp³-hybridized carbons (Fsp3) is 0.300. The monoisotopic (exact) mass is 334 g/mol. The number of benzene rings is 2. The highest BCUT2D eigenvalue weighted by Crippen LogP contribution is 2.36. The molecular weight excluding hydrogens is 311 g/mol. The van der Waals surface area contributed by atoms with Crippen LogP contribution in [0.15, 0.2) is 52.6 Å². The van der Waals surface area contributed by atoms with Crippen molar-refractivity contribution < 1.29 is 9.31 Å². The Hall–Kier alpha value is -2.24. The molecule has 2 aromatic carbocycles. The van der Waals surface area contributed by atoms with Crippen LogP contribution in [0.1, 0.15) is 33.3 Å². The summed E-state index contributed by atoms with van der Waals surface area (Å²) in [6.45, 7) is 15.3. The SMILES string of the molecule is C=NC=C(N=C)c1ccc2cc(B3OC(C)(C)C(C)(C)O3)ccc2c1. The second-order valence-electron chi connectivity index (χ2n) is 7.26. The number of hydrogen-bond donors (Lipinski definition) is 0. The molecule has 1 aliphatic rings. The lowest BCUT2D eigenvalue weighted by Gasteiger charge is -2.32. The minimum Gasteiger partial charge on any atom is -0.399 e. The van der Waals surface area contributed by atoms with Crippen LogP contribution in [0.5, 0.6) is 0 Å². The lowest BCUT2D eigenvalue weighted by Crippen LogP contribution is -2.41. The molecule has 0 aliphatic carbocycles. The molecule has 0 unspecified atom stereocenters. The molecule has 1 saturated heterocycles. The fourth-order valence-corrected chi connectivity index (χ4v) is 2.84. The molecule has 0 radical (unpaired) electrons. The van der Waals surface area contributed by atoms with E-state index in [0.717, 1.165) is 21.8 Å². The van der Waals surface area contributed by atoms with Crippen molar-refractivity contribution in [1.29, 1.82) is 0 Å². The van der Waals surface area contributed by atoms with E-state index in [1.165, 1.54) is 0 Å². The first-order valence-corrected chi connectivity index (χ1v) is 8.30. The van der Waals surface area contributed by atoms with Crippen molar-refractivity contribution in [2.45, 2.75) is 38.9 Å². The highest BCUT2D eigenvalue weighted by molar-refractivity contribution is 6.62. The smallest absolute Gasteiger partial charge is 0.399 e. The average Bonchev–Trinajstić information content (AvgIpc) is 2.79. The molecule has 3 rings (SSSR count). The molecule has 1 fully saturated rings. The Morgan fingerprint density at radius 2 is 1.56 bits per heavy atom. The third kappa shape index (κ3) is 3.17. The average molecular weight is 334 g/mol. The molecule has 5 heteroatoms. The minimum absolute atomic E-state index is 0.344. The maximum absolute atomic E-state index is 6.14. The summed E-state index contributed by atoms with van der Waals surface area (Å²) in [6.07, 6.45) is 1.60. The molecular formula is C20H23BN2O2. The van der Waals surface area contributed by atoms with Gasteiger partial charge in [0.1, 0.15) is 0 Å². The van der Waals surface area contributed by atoms with Crippen LogP contribution in [0.4, 0.5) is 0 Å². The Morgan fingerprint density at radius 3 is 2.16 bits per heavy atom. The van der Waals surface area contributed by atoms with Gasteiger partial charge in [-0.15, -0.1) is 0 Å². The molecule has 4 nitrogen and oxygen atoms in total. The molecule has 25 heavy (non-hydrogen) atoms. The minimum atomic E-state index is -0.357. The third-order valence-electron chi connectivity index (χ3n) is 5.07. The van der Waals surface area contributed by atoms with Crippen LogP contribution < -0.4 is 5.46 Å². The molecule has 0 saturated carbocycles. The quantitative estimate of drug-likeness (QED) is 0.630. The molecule has 0 atom stereocenters. The molecule has 0 bridgehead atoms. The van der Waals surface area contributed by atoms with Crippen LogP contribution in [0.2, 0.25) is 0 Å². The van der Waals surface area contributed by atoms with E-state index in [1.807, 2.05) is 12.1 Å². The van der Waals surface area contributed by atoms with Gasteiger partial charge in [-0.3, -0.25) is 9.98 Å². The van der Waals surface area contributed by atoms with Crippen molar-refractivity contribution in [1.82, 2.24) is 0 Å². The second kappa shape index (κ2) is 6.25. The van der Waals surface area contributed by atoms with Crippen LogP contribution in [-0.2, 0) is 9.31 Å². The van der Waals surface area contributed by atoms with Crippen molar-refractivity contribution in [3.63, 3.8) is 0 Å². The van der Waals surface area contributed by atoms with E-state index in [9.17, 15) is 0 Å². The molecule has 128 valence electrons. The van der Waals surface area contributed by atoms with E-state index >= 15 is 0 Å². The van der Waals surface area contributed by atoms with E-state index in [0.29, 0.717) is 5.70 Å². The number of fused-ring (bicyclic) bond motifs is 1. The van der Waals surface area contributed by atoms with E-state index < -0.39 is 0 Å². The largest absolute Gasteiger partial charge is 0.494 e. The summed E-state index contributed by atoms with van der Waals surface area (Å²) in [5, 5.41) is 2.22. The lowest BCUT2D eigenvalue weighted by molar-refractivity contribution is 0.00578. The van der Waals surface area contributed by atoms with Crippen molar-refractivity contribution in [2.75, 3.05) is 0 Å². The summed E-state index contributed by atoms with van der Waals surface area (Å²) in [4.78, 5) is 7.78. The van der Waals surface area contributed by atoms with Crippen molar-refractivity contribution in [2.24, 2.45) is 9.98 Å². The second-order valence-corrected chi connectivity index (χ2v) is 7.26. The van der Waals surface area contributed by atoms with Gasteiger partial charge in [0.25, 0.3) is 0 Å². The van der Waals surface area contributed by atoms with E-state index in [1.54, 1.807) is 6.20 Å². The van der Waals surface area contributed by atoms with Gasteiger partial charge in [0.15, 0.2) is 0 Å². The van der Waals surface area contributed by atoms with Crippen LogP contribution in [0.25, 0.3) is 16.5 Å². The molecule has 2 aromatic rings. The molecule has 0 N–H and O–H groups in total. The lowest BCUT2D eigenvalue weighted by atomic mass is 9.78. The van der Waals surface area contributed by atoms with E-state index in [2.05, 4.69) is 75.4 Å².